The van der Waals surface area contributed by atoms with Gasteiger partial charge in [-0.2, -0.15) is 0 Å². The zero-order valence-corrected chi connectivity index (χ0v) is 13.7. The second-order valence-electron chi connectivity index (χ2n) is 6.89. The second kappa shape index (κ2) is 6.39. The van der Waals surface area contributed by atoms with Gasteiger partial charge in [0.15, 0.2) is 0 Å². The standard InChI is InChI=1S/C19H29NO/c1-4-14-8-11-18(13(14)2)20-19-7-5-6-15-12-16(21-3)9-10-17(15)19/h9-10,12-14,18-20H,4-8,11H2,1-3H3. The number of benzene rings is 1. The van der Waals surface area contributed by atoms with Crippen molar-refractivity contribution in [2.75, 3.05) is 7.11 Å². The summed E-state index contributed by atoms with van der Waals surface area (Å²) in [4.78, 5) is 0. The molecule has 4 unspecified atom stereocenters. The maximum absolute atomic E-state index is 5.37. The van der Waals surface area contributed by atoms with Crippen molar-refractivity contribution in [2.24, 2.45) is 11.8 Å². The normalized spacial score (nSPS) is 32.0. The Morgan fingerprint density at radius 2 is 2.10 bits per heavy atom. The van der Waals surface area contributed by atoms with Crippen LogP contribution in [0.3, 0.4) is 0 Å². The number of aryl methyl sites for hydroxylation is 1. The molecule has 2 aliphatic carbocycles. The maximum atomic E-state index is 5.37. The van der Waals surface area contributed by atoms with Gasteiger partial charge in [0.2, 0.25) is 0 Å². The maximum Gasteiger partial charge on any atom is 0.119 e. The molecule has 3 rings (SSSR count). The first-order valence-corrected chi connectivity index (χ1v) is 8.65. The van der Waals surface area contributed by atoms with E-state index in [-0.39, 0.29) is 0 Å². The third kappa shape index (κ3) is 2.96. The first kappa shape index (κ1) is 14.9. The van der Waals surface area contributed by atoms with Crippen molar-refractivity contribution < 1.29 is 4.74 Å². The summed E-state index contributed by atoms with van der Waals surface area (Å²) >= 11 is 0. The monoisotopic (exact) mass is 287 g/mol. The molecule has 2 aliphatic rings. The lowest BCUT2D eigenvalue weighted by Gasteiger charge is -2.31. The summed E-state index contributed by atoms with van der Waals surface area (Å²) in [6.45, 7) is 4.78. The van der Waals surface area contributed by atoms with Crippen LogP contribution in [0.1, 0.15) is 63.1 Å². The number of hydrogen-bond acceptors (Lipinski definition) is 2. The number of hydrogen-bond donors (Lipinski definition) is 1. The van der Waals surface area contributed by atoms with Gasteiger partial charge in [-0.1, -0.05) is 26.3 Å². The summed E-state index contributed by atoms with van der Waals surface area (Å²) in [5, 5.41) is 3.98. The molecule has 1 N–H and O–H groups in total. The number of nitrogens with one attached hydrogen (secondary N) is 1. The van der Waals surface area contributed by atoms with Gasteiger partial charge in [-0.25, -0.2) is 0 Å². The molecule has 0 amide bonds. The van der Waals surface area contributed by atoms with E-state index >= 15 is 0 Å². The topological polar surface area (TPSA) is 21.3 Å². The molecule has 0 heterocycles. The molecule has 1 fully saturated rings. The van der Waals surface area contributed by atoms with Crippen LogP contribution in [0.2, 0.25) is 0 Å². The highest BCUT2D eigenvalue weighted by atomic mass is 16.5. The number of fused-ring (bicyclic) bond motifs is 1. The molecule has 116 valence electrons. The Balaban J connectivity index is 1.74. The van der Waals surface area contributed by atoms with Crippen LogP contribution < -0.4 is 10.1 Å². The summed E-state index contributed by atoms with van der Waals surface area (Å²) in [6, 6.07) is 7.87. The van der Waals surface area contributed by atoms with E-state index in [9.17, 15) is 0 Å². The van der Waals surface area contributed by atoms with Crippen LogP contribution in [0, 0.1) is 11.8 Å². The van der Waals surface area contributed by atoms with Gasteiger partial charge in [0.05, 0.1) is 7.11 Å². The van der Waals surface area contributed by atoms with E-state index in [1.54, 1.807) is 7.11 Å². The van der Waals surface area contributed by atoms with Gasteiger partial charge >= 0.3 is 0 Å². The van der Waals surface area contributed by atoms with Crippen LogP contribution in [0.15, 0.2) is 18.2 Å². The smallest absolute Gasteiger partial charge is 0.119 e. The van der Waals surface area contributed by atoms with Crippen molar-refractivity contribution in [1.82, 2.24) is 5.32 Å². The van der Waals surface area contributed by atoms with Crippen molar-refractivity contribution in [2.45, 2.75) is 64.5 Å². The average molecular weight is 287 g/mol. The highest BCUT2D eigenvalue weighted by molar-refractivity contribution is 5.39. The van der Waals surface area contributed by atoms with E-state index in [0.29, 0.717) is 12.1 Å². The molecule has 0 radical (unpaired) electrons. The van der Waals surface area contributed by atoms with Gasteiger partial charge in [-0.05, 0) is 67.2 Å². The summed E-state index contributed by atoms with van der Waals surface area (Å²) in [5.41, 5.74) is 2.99. The molecule has 4 atom stereocenters. The lowest BCUT2D eigenvalue weighted by molar-refractivity contribution is 0.308. The molecule has 1 aromatic rings. The molecule has 0 aromatic heterocycles. The minimum absolute atomic E-state index is 0.544. The molecular formula is C19H29NO. The first-order chi connectivity index (χ1) is 10.2. The third-order valence-corrected chi connectivity index (χ3v) is 5.83. The molecule has 21 heavy (non-hydrogen) atoms. The van der Waals surface area contributed by atoms with Crippen molar-refractivity contribution in [3.63, 3.8) is 0 Å². The SMILES string of the molecule is CCC1CCC(NC2CCCc3cc(OC)ccc32)C1C. The summed E-state index contributed by atoms with van der Waals surface area (Å²) < 4.78 is 5.37. The third-order valence-electron chi connectivity index (χ3n) is 5.83. The predicted octanol–water partition coefficient (Wildman–Crippen LogP) is 4.49. The Morgan fingerprint density at radius 3 is 2.81 bits per heavy atom. The van der Waals surface area contributed by atoms with E-state index in [2.05, 4.69) is 37.4 Å². The first-order valence-electron chi connectivity index (χ1n) is 8.65. The molecular weight excluding hydrogens is 258 g/mol. The van der Waals surface area contributed by atoms with E-state index < -0.39 is 0 Å². The largest absolute Gasteiger partial charge is 0.497 e. The lowest BCUT2D eigenvalue weighted by Crippen LogP contribution is -2.37. The highest BCUT2D eigenvalue weighted by Crippen LogP contribution is 2.38. The Hall–Kier alpha value is -1.02. The quantitative estimate of drug-likeness (QED) is 0.881. The van der Waals surface area contributed by atoms with E-state index in [0.717, 1.165) is 17.6 Å². The van der Waals surface area contributed by atoms with Crippen LogP contribution in [0.4, 0.5) is 0 Å². The van der Waals surface area contributed by atoms with Gasteiger partial charge in [-0.3, -0.25) is 0 Å². The van der Waals surface area contributed by atoms with E-state index in [4.69, 9.17) is 4.74 Å². The number of rotatable bonds is 4. The van der Waals surface area contributed by atoms with Crippen molar-refractivity contribution in [1.29, 1.82) is 0 Å². The highest BCUT2D eigenvalue weighted by Gasteiger charge is 2.33. The molecule has 2 heteroatoms. The molecule has 0 spiro atoms. The summed E-state index contributed by atoms with van der Waals surface area (Å²) in [7, 11) is 1.76. The van der Waals surface area contributed by atoms with E-state index in [1.165, 1.54) is 49.7 Å². The van der Waals surface area contributed by atoms with Gasteiger partial charge in [0, 0.05) is 12.1 Å². The molecule has 1 saturated carbocycles. The Bertz CT molecular complexity index is 484. The number of methoxy groups -OCH3 is 1. The molecule has 1 aromatic carbocycles. The van der Waals surface area contributed by atoms with Crippen LogP contribution >= 0.6 is 0 Å². The zero-order chi connectivity index (χ0) is 14.8. The van der Waals surface area contributed by atoms with Crippen LogP contribution in [0.5, 0.6) is 5.75 Å². The predicted molar refractivity (Wildman–Crippen MR) is 87.8 cm³/mol. The second-order valence-corrected chi connectivity index (χ2v) is 6.89. The Kier molecular flexibility index (Phi) is 4.54. The van der Waals surface area contributed by atoms with Crippen LogP contribution in [-0.2, 0) is 6.42 Å². The molecule has 0 aliphatic heterocycles. The summed E-state index contributed by atoms with van der Waals surface area (Å²) in [5.74, 6) is 2.73. The zero-order valence-electron chi connectivity index (χ0n) is 13.7. The van der Waals surface area contributed by atoms with Crippen LogP contribution in [0.25, 0.3) is 0 Å². The minimum Gasteiger partial charge on any atom is -0.497 e. The minimum atomic E-state index is 0.544. The molecule has 2 nitrogen and oxygen atoms in total. The fourth-order valence-corrected chi connectivity index (χ4v) is 4.41. The Morgan fingerprint density at radius 1 is 1.24 bits per heavy atom. The van der Waals surface area contributed by atoms with Crippen molar-refractivity contribution in [3.05, 3.63) is 29.3 Å². The fraction of sp³-hybridized carbons (Fsp3) is 0.684. The van der Waals surface area contributed by atoms with Crippen molar-refractivity contribution >= 4 is 0 Å². The molecule has 0 bridgehead atoms. The number of ether oxygens (including phenoxy) is 1. The van der Waals surface area contributed by atoms with Crippen LogP contribution in [-0.4, -0.2) is 13.2 Å². The Labute approximate surface area is 129 Å². The van der Waals surface area contributed by atoms with Crippen molar-refractivity contribution in [3.8, 4) is 5.75 Å². The molecule has 0 saturated heterocycles. The average Bonchev–Trinajstić information content (AvgIpc) is 2.87. The van der Waals surface area contributed by atoms with Gasteiger partial charge in [0.1, 0.15) is 5.75 Å². The van der Waals surface area contributed by atoms with Gasteiger partial charge in [-0.15, -0.1) is 0 Å². The van der Waals surface area contributed by atoms with Gasteiger partial charge < -0.3 is 10.1 Å². The van der Waals surface area contributed by atoms with E-state index in [1.807, 2.05) is 0 Å². The van der Waals surface area contributed by atoms with Gasteiger partial charge in [0.25, 0.3) is 0 Å². The summed E-state index contributed by atoms with van der Waals surface area (Å²) in [6.07, 6.45) is 7.84. The lowest BCUT2D eigenvalue weighted by atomic mass is 9.86. The fourth-order valence-electron chi connectivity index (χ4n) is 4.41.